The number of carbonyl (C=O) groups excluding carboxylic acids is 1. The highest BCUT2D eigenvalue weighted by molar-refractivity contribution is 5.69. The Morgan fingerprint density at radius 3 is 2.13 bits per heavy atom. The molecule has 0 aliphatic heterocycles. The number of esters is 1. The minimum atomic E-state index is 0.0100. The van der Waals surface area contributed by atoms with Crippen molar-refractivity contribution in [2.75, 3.05) is 0 Å². The van der Waals surface area contributed by atoms with Crippen LogP contribution in [0.3, 0.4) is 0 Å². The maximum atomic E-state index is 12.7. The Bertz CT molecular complexity index is 924. The first-order valence-corrected chi connectivity index (χ1v) is 20.0. The Morgan fingerprint density at radius 2 is 1.49 bits per heavy atom. The second-order valence-corrected chi connectivity index (χ2v) is 16.3. The van der Waals surface area contributed by atoms with E-state index in [4.69, 9.17) is 4.74 Å². The van der Waals surface area contributed by atoms with Gasteiger partial charge in [-0.3, -0.25) is 4.79 Å². The highest BCUT2D eigenvalue weighted by Gasteiger charge is 2.50. The Balaban J connectivity index is 1.37. The van der Waals surface area contributed by atoms with Gasteiger partial charge in [0.15, 0.2) is 0 Å². The summed E-state index contributed by atoms with van der Waals surface area (Å²) < 4.78 is 6.00. The van der Waals surface area contributed by atoms with Gasteiger partial charge in [-0.15, -0.1) is 0 Å². The van der Waals surface area contributed by atoms with Crippen molar-refractivity contribution in [3.63, 3.8) is 0 Å². The highest BCUT2D eigenvalue weighted by atomic mass is 16.5. The zero-order chi connectivity index (χ0) is 32.5. The van der Waals surface area contributed by atoms with Gasteiger partial charge in [0.2, 0.25) is 0 Å². The zero-order valence-corrected chi connectivity index (χ0v) is 30.7. The lowest BCUT2D eigenvalue weighted by atomic mass is 9.60. The molecule has 0 radical (unpaired) electrons. The Labute approximate surface area is 280 Å². The molecule has 2 nitrogen and oxygen atoms in total. The molecule has 2 heteroatoms. The molecule has 0 aromatic carbocycles. The van der Waals surface area contributed by atoms with Crippen LogP contribution in [0.15, 0.2) is 35.5 Å². The summed E-state index contributed by atoms with van der Waals surface area (Å²) >= 11 is 0. The highest BCUT2D eigenvalue weighted by Crippen LogP contribution is 2.60. The minimum Gasteiger partial charge on any atom is -0.462 e. The summed E-state index contributed by atoms with van der Waals surface area (Å²) in [5.41, 5.74) is 4.71. The van der Waals surface area contributed by atoms with Crippen LogP contribution in [0.4, 0.5) is 0 Å². The number of ether oxygens (including phenoxy) is 1. The number of fused-ring (bicyclic) bond motifs is 1. The molecular weight excluding hydrogens is 548 g/mol. The van der Waals surface area contributed by atoms with E-state index in [0.29, 0.717) is 11.8 Å². The summed E-state index contributed by atoms with van der Waals surface area (Å²) in [5.74, 6) is 3.28. The molecule has 45 heavy (non-hydrogen) atoms. The van der Waals surface area contributed by atoms with Gasteiger partial charge in [-0.1, -0.05) is 161 Å². The van der Waals surface area contributed by atoms with Crippen LogP contribution in [0.5, 0.6) is 0 Å². The predicted molar refractivity (Wildman–Crippen MR) is 195 cm³/mol. The van der Waals surface area contributed by atoms with E-state index in [0.717, 1.165) is 55.8 Å². The Hall–Kier alpha value is -1.31. The molecule has 0 N–H and O–H groups in total. The number of unbranched alkanes of at least 4 members (excludes halogenated alkanes) is 12. The van der Waals surface area contributed by atoms with Crippen LogP contribution in [0, 0.1) is 29.1 Å². The van der Waals surface area contributed by atoms with Gasteiger partial charge >= 0.3 is 5.97 Å². The van der Waals surface area contributed by atoms with Crippen molar-refractivity contribution >= 4 is 5.97 Å². The molecule has 5 atom stereocenters. The van der Waals surface area contributed by atoms with Crippen molar-refractivity contribution in [3.8, 4) is 0 Å². The largest absolute Gasteiger partial charge is 0.462 e. The number of hydrogen-bond acceptors (Lipinski definition) is 2. The average Bonchev–Trinajstić information content (AvgIpc) is 3.37. The molecule has 3 saturated carbocycles. The second-order valence-electron chi connectivity index (χ2n) is 16.3. The van der Waals surface area contributed by atoms with Gasteiger partial charge in [0, 0.05) is 12.8 Å². The summed E-state index contributed by atoms with van der Waals surface area (Å²) in [7, 11) is 0. The predicted octanol–water partition coefficient (Wildman–Crippen LogP) is 13.7. The van der Waals surface area contributed by atoms with Crippen molar-refractivity contribution in [3.05, 3.63) is 35.5 Å². The summed E-state index contributed by atoms with van der Waals surface area (Å²) in [6.45, 7) is 16.6. The van der Waals surface area contributed by atoms with Crippen molar-refractivity contribution < 1.29 is 9.53 Å². The maximum Gasteiger partial charge on any atom is 0.306 e. The van der Waals surface area contributed by atoms with E-state index in [1.165, 1.54) is 133 Å². The molecule has 0 amide bonds. The fourth-order valence-electron chi connectivity index (χ4n) is 9.28. The first kappa shape index (κ1) is 38.1. The van der Waals surface area contributed by atoms with Crippen LogP contribution in [0.25, 0.3) is 0 Å². The quantitative estimate of drug-likeness (QED) is 0.0940. The lowest BCUT2D eigenvalue weighted by molar-refractivity contribution is -0.149. The van der Waals surface area contributed by atoms with Crippen molar-refractivity contribution in [2.45, 2.75) is 201 Å². The van der Waals surface area contributed by atoms with Crippen LogP contribution in [-0.2, 0) is 9.53 Å². The van der Waals surface area contributed by atoms with Crippen LogP contribution in [0.1, 0.15) is 195 Å². The van der Waals surface area contributed by atoms with E-state index in [9.17, 15) is 4.79 Å². The fraction of sp³-hybridized carbons (Fsp3) is 0.837. The van der Waals surface area contributed by atoms with Gasteiger partial charge < -0.3 is 4.74 Å². The van der Waals surface area contributed by atoms with Crippen molar-refractivity contribution in [1.29, 1.82) is 0 Å². The third-order valence-corrected chi connectivity index (χ3v) is 12.1. The van der Waals surface area contributed by atoms with Crippen LogP contribution >= 0.6 is 0 Å². The molecular formula is C43H74O2. The van der Waals surface area contributed by atoms with Crippen LogP contribution < -0.4 is 0 Å². The standard InChI is InChI=1S/C43H74O2/c1-7-8-9-10-11-12-13-14-15-16-17-18-19-25-42(44)45-39-29-26-35(4)38(33-39)28-27-37-24-21-32-43(6)40(30-31-41(37)43)36(5)23-20-22-34(2)3/h27-28,34,36,39-41H,4,7-26,29-33H2,1-3,5-6H3/t36-,39+,40-,41?,43-/m1/s1. The number of hydrogen-bond donors (Lipinski definition) is 0. The Kier molecular flexibility index (Phi) is 17.7. The fourth-order valence-corrected chi connectivity index (χ4v) is 9.28. The topological polar surface area (TPSA) is 26.3 Å². The van der Waals surface area contributed by atoms with Gasteiger partial charge in [0.05, 0.1) is 0 Å². The Morgan fingerprint density at radius 1 is 0.844 bits per heavy atom. The number of allylic oxidation sites excluding steroid dienone is 4. The molecule has 0 bridgehead atoms. The summed E-state index contributed by atoms with van der Waals surface area (Å²) in [5, 5.41) is 0. The van der Waals surface area contributed by atoms with Gasteiger partial charge in [0.25, 0.3) is 0 Å². The zero-order valence-electron chi connectivity index (χ0n) is 30.7. The second kappa shape index (κ2) is 20.8. The summed E-state index contributed by atoms with van der Waals surface area (Å²) in [6, 6.07) is 0. The van der Waals surface area contributed by atoms with Gasteiger partial charge in [-0.25, -0.2) is 0 Å². The molecule has 1 unspecified atom stereocenters. The molecule has 0 heterocycles. The summed E-state index contributed by atoms with van der Waals surface area (Å²) in [6.07, 6.45) is 36.3. The van der Waals surface area contributed by atoms with Gasteiger partial charge in [0.1, 0.15) is 6.10 Å². The van der Waals surface area contributed by atoms with Crippen molar-refractivity contribution in [2.24, 2.45) is 29.1 Å². The lowest BCUT2D eigenvalue weighted by Gasteiger charge is -2.44. The maximum absolute atomic E-state index is 12.7. The monoisotopic (exact) mass is 623 g/mol. The molecule has 3 aliphatic rings. The van der Waals surface area contributed by atoms with E-state index in [1.807, 2.05) is 0 Å². The van der Waals surface area contributed by atoms with Gasteiger partial charge in [-0.05, 0) is 86.0 Å². The SMILES string of the molecule is C=C1CC[C@H](OC(=O)CCCCCCCCCCCCCCC)CC1=CC=C1CCC[C@@]2(C)C1CC[C@@H]2[C@H](C)CCCC(C)C. The molecule has 3 fully saturated rings. The molecule has 258 valence electrons. The third kappa shape index (κ3) is 13.0. The van der Waals surface area contributed by atoms with E-state index in [1.54, 1.807) is 5.57 Å². The smallest absolute Gasteiger partial charge is 0.306 e. The third-order valence-electron chi connectivity index (χ3n) is 12.1. The van der Waals surface area contributed by atoms with E-state index in [2.05, 4.69) is 53.3 Å². The van der Waals surface area contributed by atoms with E-state index in [-0.39, 0.29) is 12.1 Å². The number of rotatable bonds is 21. The molecule has 0 spiro atoms. The molecule has 0 saturated heterocycles. The molecule has 3 rings (SSSR count). The normalized spacial score (nSPS) is 27.8. The average molecular weight is 623 g/mol. The lowest BCUT2D eigenvalue weighted by Crippen LogP contribution is -2.36. The van der Waals surface area contributed by atoms with E-state index < -0.39 is 0 Å². The van der Waals surface area contributed by atoms with Gasteiger partial charge in [-0.2, -0.15) is 0 Å². The minimum absolute atomic E-state index is 0.0100. The molecule has 0 aromatic rings. The van der Waals surface area contributed by atoms with Crippen LogP contribution in [0.2, 0.25) is 0 Å². The van der Waals surface area contributed by atoms with Crippen LogP contribution in [-0.4, -0.2) is 12.1 Å². The number of carbonyl (C=O) groups is 1. The van der Waals surface area contributed by atoms with Crippen molar-refractivity contribution in [1.82, 2.24) is 0 Å². The van der Waals surface area contributed by atoms with E-state index >= 15 is 0 Å². The molecule has 3 aliphatic carbocycles. The molecule has 0 aromatic heterocycles. The summed E-state index contributed by atoms with van der Waals surface area (Å²) in [4.78, 5) is 12.7. The first-order valence-electron chi connectivity index (χ1n) is 20.0. The first-order chi connectivity index (χ1) is 21.7.